The van der Waals surface area contributed by atoms with Crippen LogP contribution in [0.3, 0.4) is 0 Å². The molecule has 1 aromatic rings. The molecule has 7 heteroatoms. The number of rotatable bonds is 1. The average Bonchev–Trinajstić information content (AvgIpc) is 2.72. The second-order valence-corrected chi connectivity index (χ2v) is 5.65. The van der Waals surface area contributed by atoms with Gasteiger partial charge in [0.05, 0.1) is 15.2 Å². The maximum Gasteiger partial charge on any atom is 0.313 e. The first kappa shape index (κ1) is 15.3. The summed E-state index contributed by atoms with van der Waals surface area (Å²) >= 11 is 9.23. The van der Waals surface area contributed by atoms with Crippen LogP contribution < -0.4 is 10.6 Å². The number of hydrogen-bond donors (Lipinski definition) is 2. The monoisotopic (exact) mass is 359 g/mol. The highest BCUT2D eigenvalue weighted by molar-refractivity contribution is 9.10. The van der Waals surface area contributed by atoms with Crippen molar-refractivity contribution in [1.29, 1.82) is 0 Å². The minimum Gasteiger partial charge on any atom is -0.333 e. The van der Waals surface area contributed by atoms with E-state index in [1.807, 2.05) is 0 Å². The fourth-order valence-corrected chi connectivity index (χ4v) is 2.51. The largest absolute Gasteiger partial charge is 0.333 e. The van der Waals surface area contributed by atoms with E-state index >= 15 is 0 Å². The van der Waals surface area contributed by atoms with E-state index in [0.29, 0.717) is 34.8 Å². The number of carbonyl (C=O) groups excluding carboxylic acids is 2. The molecule has 1 saturated heterocycles. The van der Waals surface area contributed by atoms with E-state index in [0.717, 1.165) is 13.0 Å². The van der Waals surface area contributed by atoms with Gasteiger partial charge in [0, 0.05) is 19.6 Å². The maximum atomic E-state index is 12.1. The molecule has 0 aliphatic carbocycles. The Balaban J connectivity index is 2.03. The number of benzene rings is 1. The Morgan fingerprint density at radius 1 is 1.30 bits per heavy atom. The van der Waals surface area contributed by atoms with Crippen molar-refractivity contribution in [1.82, 2.24) is 10.2 Å². The Morgan fingerprint density at radius 2 is 2.10 bits per heavy atom. The van der Waals surface area contributed by atoms with Gasteiger partial charge in [-0.05, 0) is 41.0 Å². The SMILES string of the molecule is O=C(Nc1cccc(Cl)c1Br)C(=O)N1CCCNCC1. The molecule has 2 N–H and O–H groups in total. The summed E-state index contributed by atoms with van der Waals surface area (Å²) < 4.78 is 0.570. The molecule has 1 aliphatic heterocycles. The van der Waals surface area contributed by atoms with Crippen molar-refractivity contribution in [2.75, 3.05) is 31.5 Å². The average molecular weight is 361 g/mol. The number of anilines is 1. The number of nitrogens with zero attached hydrogens (tertiary/aromatic N) is 1. The van der Waals surface area contributed by atoms with Crippen LogP contribution in [-0.2, 0) is 9.59 Å². The Morgan fingerprint density at radius 3 is 2.90 bits per heavy atom. The Bertz CT molecular complexity index is 516. The van der Waals surface area contributed by atoms with Gasteiger partial charge in [0.1, 0.15) is 0 Å². The molecule has 0 atom stereocenters. The van der Waals surface area contributed by atoms with Gasteiger partial charge in [-0.15, -0.1) is 0 Å². The van der Waals surface area contributed by atoms with Crippen molar-refractivity contribution in [3.63, 3.8) is 0 Å². The van der Waals surface area contributed by atoms with E-state index in [9.17, 15) is 9.59 Å². The molecule has 1 fully saturated rings. The smallest absolute Gasteiger partial charge is 0.313 e. The number of nitrogens with one attached hydrogen (secondary N) is 2. The second kappa shape index (κ2) is 7.06. The lowest BCUT2D eigenvalue weighted by Gasteiger charge is -2.19. The third kappa shape index (κ3) is 3.71. The summed E-state index contributed by atoms with van der Waals surface area (Å²) in [5.41, 5.74) is 0.490. The number of halogens is 2. The lowest BCUT2D eigenvalue weighted by atomic mass is 10.3. The molecule has 0 bridgehead atoms. The quantitative estimate of drug-likeness (QED) is 0.752. The molecule has 0 aromatic heterocycles. The number of hydrogen-bond acceptors (Lipinski definition) is 3. The summed E-state index contributed by atoms with van der Waals surface area (Å²) in [6.07, 6.45) is 0.847. The van der Waals surface area contributed by atoms with Gasteiger partial charge in [0.15, 0.2) is 0 Å². The minimum absolute atomic E-state index is 0.481. The van der Waals surface area contributed by atoms with Gasteiger partial charge >= 0.3 is 11.8 Å². The predicted octanol–water partition coefficient (Wildman–Crippen LogP) is 1.86. The highest BCUT2D eigenvalue weighted by Crippen LogP contribution is 2.29. The first-order valence-corrected chi connectivity index (χ1v) is 7.51. The molecule has 1 aliphatic rings. The summed E-state index contributed by atoms with van der Waals surface area (Å²) in [6, 6.07) is 5.09. The topological polar surface area (TPSA) is 61.4 Å². The van der Waals surface area contributed by atoms with Crippen LogP contribution in [0.2, 0.25) is 5.02 Å². The zero-order valence-electron chi connectivity index (χ0n) is 10.8. The first-order chi connectivity index (χ1) is 9.59. The van der Waals surface area contributed by atoms with Crippen LogP contribution >= 0.6 is 27.5 Å². The van der Waals surface area contributed by atoms with Gasteiger partial charge in [-0.3, -0.25) is 9.59 Å². The van der Waals surface area contributed by atoms with Gasteiger partial charge in [0.25, 0.3) is 0 Å². The van der Waals surface area contributed by atoms with E-state index in [-0.39, 0.29) is 0 Å². The van der Waals surface area contributed by atoms with Gasteiger partial charge in [-0.25, -0.2) is 0 Å². The van der Waals surface area contributed by atoms with E-state index in [2.05, 4.69) is 26.6 Å². The molecule has 2 amide bonds. The highest BCUT2D eigenvalue weighted by Gasteiger charge is 2.23. The fourth-order valence-electron chi connectivity index (χ4n) is 1.97. The molecule has 1 aromatic carbocycles. The molecule has 108 valence electrons. The normalized spacial score (nSPS) is 15.6. The van der Waals surface area contributed by atoms with Gasteiger partial charge in [0.2, 0.25) is 0 Å². The number of amides is 2. The standard InChI is InChI=1S/C13H15BrClN3O2/c14-11-9(15)3-1-4-10(11)17-12(19)13(20)18-7-2-5-16-6-8-18/h1,3-4,16H,2,5-8H2,(H,17,19). The summed E-state index contributed by atoms with van der Waals surface area (Å²) in [5.74, 6) is -1.16. The van der Waals surface area contributed by atoms with Gasteiger partial charge in [-0.2, -0.15) is 0 Å². The molecule has 0 radical (unpaired) electrons. The first-order valence-electron chi connectivity index (χ1n) is 6.34. The Hall–Kier alpha value is -1.11. The van der Waals surface area contributed by atoms with Gasteiger partial charge in [-0.1, -0.05) is 17.7 Å². The van der Waals surface area contributed by atoms with Crippen LogP contribution in [0.25, 0.3) is 0 Å². The Labute approximate surface area is 130 Å². The molecule has 0 saturated carbocycles. The van der Waals surface area contributed by atoms with Crippen molar-refractivity contribution in [3.05, 3.63) is 27.7 Å². The van der Waals surface area contributed by atoms with Crippen LogP contribution in [-0.4, -0.2) is 42.9 Å². The summed E-state index contributed by atoms with van der Waals surface area (Å²) in [5, 5.41) is 6.25. The van der Waals surface area contributed by atoms with Crippen molar-refractivity contribution in [2.24, 2.45) is 0 Å². The fraction of sp³-hybridized carbons (Fsp3) is 0.385. The van der Waals surface area contributed by atoms with Crippen molar-refractivity contribution in [3.8, 4) is 0 Å². The van der Waals surface area contributed by atoms with E-state index < -0.39 is 11.8 Å². The zero-order valence-corrected chi connectivity index (χ0v) is 13.1. The second-order valence-electron chi connectivity index (χ2n) is 4.45. The molecule has 20 heavy (non-hydrogen) atoms. The minimum atomic E-state index is -0.644. The molecule has 0 unspecified atom stereocenters. The van der Waals surface area contributed by atoms with Crippen LogP contribution in [0.5, 0.6) is 0 Å². The molecule has 0 spiro atoms. The van der Waals surface area contributed by atoms with Crippen LogP contribution in [0.15, 0.2) is 22.7 Å². The van der Waals surface area contributed by atoms with Gasteiger partial charge < -0.3 is 15.5 Å². The van der Waals surface area contributed by atoms with E-state index in [1.165, 1.54) is 0 Å². The maximum absolute atomic E-state index is 12.1. The summed E-state index contributed by atoms with van der Waals surface area (Å²) in [6.45, 7) is 2.71. The molecular weight excluding hydrogens is 346 g/mol. The van der Waals surface area contributed by atoms with E-state index in [4.69, 9.17) is 11.6 Å². The molecular formula is C13H15BrClN3O2. The predicted molar refractivity (Wildman–Crippen MR) is 81.8 cm³/mol. The third-order valence-electron chi connectivity index (χ3n) is 3.02. The summed E-state index contributed by atoms with van der Waals surface area (Å²) in [7, 11) is 0. The lowest BCUT2D eigenvalue weighted by molar-refractivity contribution is -0.143. The Kier molecular flexibility index (Phi) is 5.39. The lowest BCUT2D eigenvalue weighted by Crippen LogP contribution is -2.41. The van der Waals surface area contributed by atoms with E-state index in [1.54, 1.807) is 23.1 Å². The summed E-state index contributed by atoms with van der Waals surface area (Å²) in [4.78, 5) is 25.7. The highest BCUT2D eigenvalue weighted by atomic mass is 79.9. The molecule has 5 nitrogen and oxygen atoms in total. The van der Waals surface area contributed by atoms with Crippen molar-refractivity contribution >= 4 is 45.0 Å². The van der Waals surface area contributed by atoms with Crippen LogP contribution in [0.4, 0.5) is 5.69 Å². The number of carbonyl (C=O) groups is 2. The van der Waals surface area contributed by atoms with Crippen molar-refractivity contribution in [2.45, 2.75) is 6.42 Å². The zero-order chi connectivity index (χ0) is 14.5. The van der Waals surface area contributed by atoms with Crippen LogP contribution in [0, 0.1) is 0 Å². The third-order valence-corrected chi connectivity index (χ3v) is 4.42. The molecule has 2 rings (SSSR count). The molecule has 1 heterocycles. The van der Waals surface area contributed by atoms with Crippen LogP contribution in [0.1, 0.15) is 6.42 Å². The van der Waals surface area contributed by atoms with Crippen molar-refractivity contribution < 1.29 is 9.59 Å².